The first-order valence-electron chi connectivity index (χ1n) is 7.89. The van der Waals surface area contributed by atoms with Gasteiger partial charge < -0.3 is 9.47 Å². The molecule has 1 aliphatic heterocycles. The van der Waals surface area contributed by atoms with Crippen molar-refractivity contribution in [3.63, 3.8) is 0 Å². The summed E-state index contributed by atoms with van der Waals surface area (Å²) in [7, 11) is 1.38. The standard InChI is InChI=1S/C16H27NO4/c1-16(2,3)21-15(19)17-10-12-8-6-5-7-11(12)9-13(17)14(18)20-4/h11-13H,5-10H2,1-4H3/t11?,12?,13-/m1/s1. The normalized spacial score (nSPS) is 29.5. The van der Waals surface area contributed by atoms with Crippen molar-refractivity contribution in [3.8, 4) is 0 Å². The van der Waals surface area contributed by atoms with Crippen molar-refractivity contribution in [1.82, 2.24) is 4.90 Å². The number of fused-ring (bicyclic) bond motifs is 1. The molecule has 0 bridgehead atoms. The Hall–Kier alpha value is -1.26. The van der Waals surface area contributed by atoms with Crippen LogP contribution in [0.1, 0.15) is 52.9 Å². The summed E-state index contributed by atoms with van der Waals surface area (Å²) >= 11 is 0. The van der Waals surface area contributed by atoms with Crippen LogP contribution in [-0.4, -0.2) is 42.3 Å². The second-order valence-corrected chi connectivity index (χ2v) is 7.21. The van der Waals surface area contributed by atoms with Crippen LogP contribution in [0.2, 0.25) is 0 Å². The molecule has 1 saturated carbocycles. The average Bonchev–Trinajstić information content (AvgIpc) is 2.43. The topological polar surface area (TPSA) is 55.8 Å². The quantitative estimate of drug-likeness (QED) is 0.698. The molecule has 1 amide bonds. The van der Waals surface area contributed by atoms with Crippen LogP contribution >= 0.6 is 0 Å². The number of nitrogens with zero attached hydrogens (tertiary/aromatic N) is 1. The molecule has 0 aromatic rings. The van der Waals surface area contributed by atoms with Crippen molar-refractivity contribution in [2.75, 3.05) is 13.7 Å². The predicted octanol–water partition coefficient (Wildman–Crippen LogP) is 2.98. The highest BCUT2D eigenvalue weighted by Crippen LogP contribution is 2.39. The Morgan fingerprint density at radius 3 is 2.29 bits per heavy atom. The molecule has 2 unspecified atom stereocenters. The van der Waals surface area contributed by atoms with E-state index in [1.54, 1.807) is 4.90 Å². The number of esters is 1. The number of methoxy groups -OCH3 is 1. The van der Waals surface area contributed by atoms with E-state index in [-0.39, 0.29) is 5.97 Å². The largest absolute Gasteiger partial charge is 0.467 e. The first-order valence-corrected chi connectivity index (χ1v) is 7.89. The van der Waals surface area contributed by atoms with E-state index in [1.165, 1.54) is 20.0 Å². The van der Waals surface area contributed by atoms with Gasteiger partial charge in [-0.15, -0.1) is 0 Å². The van der Waals surface area contributed by atoms with Gasteiger partial charge in [0, 0.05) is 6.54 Å². The summed E-state index contributed by atoms with van der Waals surface area (Å²) in [5.74, 6) is 0.693. The number of hydrogen-bond acceptors (Lipinski definition) is 4. The summed E-state index contributed by atoms with van der Waals surface area (Å²) < 4.78 is 10.4. The zero-order chi connectivity index (χ0) is 15.6. The lowest BCUT2D eigenvalue weighted by Gasteiger charge is -2.44. The van der Waals surface area contributed by atoms with Gasteiger partial charge in [0.25, 0.3) is 0 Å². The van der Waals surface area contributed by atoms with Crippen molar-refractivity contribution >= 4 is 12.1 Å². The van der Waals surface area contributed by atoms with Crippen LogP contribution in [-0.2, 0) is 14.3 Å². The zero-order valence-electron chi connectivity index (χ0n) is 13.6. The molecule has 0 N–H and O–H groups in total. The third kappa shape index (κ3) is 3.89. The van der Waals surface area contributed by atoms with Crippen molar-refractivity contribution in [3.05, 3.63) is 0 Å². The molecule has 21 heavy (non-hydrogen) atoms. The van der Waals surface area contributed by atoms with Crippen LogP contribution < -0.4 is 0 Å². The molecule has 2 aliphatic rings. The van der Waals surface area contributed by atoms with Crippen LogP contribution in [0.25, 0.3) is 0 Å². The molecule has 1 heterocycles. The average molecular weight is 297 g/mol. The number of hydrogen-bond donors (Lipinski definition) is 0. The maximum Gasteiger partial charge on any atom is 0.411 e. The van der Waals surface area contributed by atoms with E-state index in [4.69, 9.17) is 9.47 Å². The van der Waals surface area contributed by atoms with Crippen LogP contribution in [0.5, 0.6) is 0 Å². The van der Waals surface area contributed by atoms with Gasteiger partial charge in [-0.05, 0) is 45.4 Å². The van der Waals surface area contributed by atoms with Gasteiger partial charge in [0.05, 0.1) is 7.11 Å². The number of amides is 1. The molecule has 5 nitrogen and oxygen atoms in total. The van der Waals surface area contributed by atoms with E-state index < -0.39 is 17.7 Å². The minimum atomic E-state index is -0.554. The molecule has 1 saturated heterocycles. The summed E-state index contributed by atoms with van der Waals surface area (Å²) in [4.78, 5) is 26.1. The van der Waals surface area contributed by atoms with E-state index in [0.717, 1.165) is 12.8 Å². The summed E-state index contributed by atoms with van der Waals surface area (Å²) in [6.45, 7) is 6.13. The van der Waals surface area contributed by atoms with Crippen LogP contribution in [0.3, 0.4) is 0 Å². The summed E-state index contributed by atoms with van der Waals surface area (Å²) in [6.07, 6.45) is 5.03. The number of ether oxygens (including phenoxy) is 2. The van der Waals surface area contributed by atoms with Crippen molar-refractivity contribution in [1.29, 1.82) is 0 Å². The van der Waals surface area contributed by atoms with E-state index in [9.17, 15) is 9.59 Å². The van der Waals surface area contributed by atoms with Gasteiger partial charge in [-0.25, -0.2) is 9.59 Å². The first-order chi connectivity index (χ1) is 9.81. The minimum Gasteiger partial charge on any atom is -0.467 e. The second kappa shape index (κ2) is 6.24. The molecule has 2 fully saturated rings. The number of piperidine rings is 1. The van der Waals surface area contributed by atoms with Gasteiger partial charge in [-0.2, -0.15) is 0 Å². The molecule has 0 radical (unpaired) electrons. The van der Waals surface area contributed by atoms with Gasteiger partial charge in [-0.1, -0.05) is 19.3 Å². The van der Waals surface area contributed by atoms with Crippen molar-refractivity contribution < 1.29 is 19.1 Å². The summed E-state index contributed by atoms with van der Waals surface area (Å²) in [6, 6.07) is -0.496. The van der Waals surface area contributed by atoms with Gasteiger partial charge in [-0.3, -0.25) is 4.90 Å². The lowest BCUT2D eigenvalue weighted by molar-refractivity contribution is -0.150. The van der Waals surface area contributed by atoms with E-state index in [2.05, 4.69) is 0 Å². The molecule has 0 aromatic carbocycles. The Labute approximate surface area is 127 Å². The Bertz CT molecular complexity index is 402. The molecule has 3 atom stereocenters. The Morgan fingerprint density at radius 1 is 1.10 bits per heavy atom. The monoisotopic (exact) mass is 297 g/mol. The Morgan fingerprint density at radius 2 is 1.71 bits per heavy atom. The van der Waals surface area contributed by atoms with E-state index in [0.29, 0.717) is 24.8 Å². The fourth-order valence-electron chi connectivity index (χ4n) is 3.51. The minimum absolute atomic E-state index is 0.329. The number of carbonyl (C=O) groups is 2. The molecule has 0 aromatic heterocycles. The lowest BCUT2D eigenvalue weighted by Crippen LogP contribution is -2.55. The fraction of sp³-hybridized carbons (Fsp3) is 0.875. The molecule has 5 heteroatoms. The Kier molecular flexibility index (Phi) is 4.79. The molecular formula is C16H27NO4. The predicted molar refractivity (Wildman–Crippen MR) is 78.8 cm³/mol. The lowest BCUT2D eigenvalue weighted by atomic mass is 9.73. The fourth-order valence-corrected chi connectivity index (χ4v) is 3.51. The second-order valence-electron chi connectivity index (χ2n) is 7.21. The molecule has 2 rings (SSSR count). The first kappa shape index (κ1) is 16.1. The molecular weight excluding hydrogens is 270 g/mol. The summed E-state index contributed by atoms with van der Waals surface area (Å²) in [5, 5.41) is 0. The number of carbonyl (C=O) groups excluding carboxylic acids is 2. The number of rotatable bonds is 1. The van der Waals surface area contributed by atoms with E-state index in [1.807, 2.05) is 20.8 Å². The van der Waals surface area contributed by atoms with Crippen molar-refractivity contribution in [2.24, 2.45) is 11.8 Å². The highest BCUT2D eigenvalue weighted by Gasteiger charge is 2.43. The van der Waals surface area contributed by atoms with E-state index >= 15 is 0 Å². The van der Waals surface area contributed by atoms with Gasteiger partial charge >= 0.3 is 12.1 Å². The van der Waals surface area contributed by atoms with Gasteiger partial charge in [0.15, 0.2) is 0 Å². The van der Waals surface area contributed by atoms with Gasteiger partial charge in [0.2, 0.25) is 0 Å². The molecule has 0 spiro atoms. The third-order valence-corrected chi connectivity index (χ3v) is 4.50. The highest BCUT2D eigenvalue weighted by molar-refractivity contribution is 5.81. The van der Waals surface area contributed by atoms with Gasteiger partial charge in [0.1, 0.15) is 11.6 Å². The zero-order valence-corrected chi connectivity index (χ0v) is 13.6. The maximum absolute atomic E-state index is 12.4. The van der Waals surface area contributed by atoms with Crippen LogP contribution in [0.4, 0.5) is 4.79 Å². The molecule has 1 aliphatic carbocycles. The third-order valence-electron chi connectivity index (χ3n) is 4.50. The van der Waals surface area contributed by atoms with Crippen LogP contribution in [0, 0.1) is 11.8 Å². The maximum atomic E-state index is 12.4. The van der Waals surface area contributed by atoms with Crippen LogP contribution in [0.15, 0.2) is 0 Å². The summed E-state index contributed by atoms with van der Waals surface area (Å²) in [5.41, 5.74) is -0.554. The van der Waals surface area contributed by atoms with Crippen molar-refractivity contribution in [2.45, 2.75) is 64.5 Å². The SMILES string of the molecule is COC(=O)[C@H]1CC2CCCCC2CN1C(=O)OC(C)(C)C. The molecule has 120 valence electrons. The highest BCUT2D eigenvalue weighted by atomic mass is 16.6. The number of likely N-dealkylation sites (tertiary alicyclic amines) is 1. The smallest absolute Gasteiger partial charge is 0.411 e. The Balaban J connectivity index is 2.14.